The van der Waals surface area contributed by atoms with Crippen molar-refractivity contribution in [3.63, 3.8) is 0 Å². The molecule has 0 fully saturated rings. The summed E-state index contributed by atoms with van der Waals surface area (Å²) >= 11 is 3.90. The van der Waals surface area contributed by atoms with E-state index in [1.807, 2.05) is 0 Å². The molecule has 3 aromatic rings. The van der Waals surface area contributed by atoms with E-state index in [1.54, 1.807) is 0 Å². The van der Waals surface area contributed by atoms with Gasteiger partial charge in [0, 0.05) is 16.9 Å². The molecule has 22 heavy (non-hydrogen) atoms. The van der Waals surface area contributed by atoms with Gasteiger partial charge >= 0.3 is 0 Å². The summed E-state index contributed by atoms with van der Waals surface area (Å²) in [4.78, 5) is 3.94. The first kappa shape index (κ1) is 15.7. The summed E-state index contributed by atoms with van der Waals surface area (Å²) < 4.78 is 49.9. The number of aromatic nitrogens is 4. The zero-order chi connectivity index (χ0) is 16.1. The SMILES string of the molecule is O=S(=O)(Cl)c1cc(Br)c2ncc(-c3nnc(C(F)F)s3)n2c1. The van der Waals surface area contributed by atoms with E-state index in [-0.39, 0.29) is 9.90 Å². The van der Waals surface area contributed by atoms with Gasteiger partial charge in [0.15, 0.2) is 15.7 Å². The molecular formula is C10H4BrClF2N4O2S2. The molecule has 0 N–H and O–H groups in total. The molecule has 0 aliphatic carbocycles. The molecule has 3 heterocycles. The molecule has 0 saturated carbocycles. The predicted molar refractivity (Wildman–Crippen MR) is 79.8 cm³/mol. The molecular weight excluding hydrogens is 426 g/mol. The highest BCUT2D eigenvalue weighted by atomic mass is 79.9. The van der Waals surface area contributed by atoms with E-state index in [9.17, 15) is 17.2 Å². The Hall–Kier alpha value is -1.17. The number of pyridine rings is 1. The smallest absolute Gasteiger partial charge is 0.291 e. The van der Waals surface area contributed by atoms with E-state index in [4.69, 9.17) is 10.7 Å². The third-order valence-corrected chi connectivity index (χ3v) is 5.52. The van der Waals surface area contributed by atoms with Crippen molar-refractivity contribution in [3.05, 3.63) is 27.9 Å². The lowest BCUT2D eigenvalue weighted by atomic mass is 10.4. The standard InChI is InChI=1S/C10H4BrClF2N4O2S2/c11-5-1-4(22(12,19)20)3-18-6(2-15-8(5)18)9-16-17-10(21-9)7(13)14/h1-3,7H. The van der Waals surface area contributed by atoms with Crippen molar-refractivity contribution in [1.82, 2.24) is 19.6 Å². The normalized spacial score (nSPS) is 12.4. The first-order chi connectivity index (χ1) is 10.3. The van der Waals surface area contributed by atoms with Gasteiger partial charge in [-0.05, 0) is 22.0 Å². The number of hydrogen-bond donors (Lipinski definition) is 0. The second-order valence-electron chi connectivity index (χ2n) is 4.04. The monoisotopic (exact) mass is 428 g/mol. The summed E-state index contributed by atoms with van der Waals surface area (Å²) in [6, 6.07) is 1.30. The summed E-state index contributed by atoms with van der Waals surface area (Å²) in [5.41, 5.74) is 0.732. The number of nitrogens with zero attached hydrogens (tertiary/aromatic N) is 4. The fourth-order valence-corrected chi connectivity index (χ4v) is 3.88. The number of rotatable bonds is 3. The molecule has 12 heteroatoms. The highest BCUT2D eigenvalue weighted by molar-refractivity contribution is 9.10. The molecule has 0 bridgehead atoms. The average Bonchev–Trinajstić information content (AvgIpc) is 3.03. The zero-order valence-electron chi connectivity index (χ0n) is 10.2. The van der Waals surface area contributed by atoms with Crippen molar-refractivity contribution in [2.45, 2.75) is 11.3 Å². The lowest BCUT2D eigenvalue weighted by molar-refractivity contribution is 0.150. The Balaban J connectivity index is 2.24. The van der Waals surface area contributed by atoms with E-state index >= 15 is 0 Å². The van der Waals surface area contributed by atoms with Crippen LogP contribution >= 0.6 is 37.9 Å². The van der Waals surface area contributed by atoms with Crippen LogP contribution in [0.2, 0.25) is 0 Å². The highest BCUT2D eigenvalue weighted by Gasteiger charge is 2.20. The maximum atomic E-state index is 12.6. The van der Waals surface area contributed by atoms with Crippen LogP contribution < -0.4 is 0 Å². The number of imidazole rings is 1. The minimum Gasteiger partial charge on any atom is -0.295 e. The molecule has 116 valence electrons. The third-order valence-electron chi connectivity index (χ3n) is 2.66. The minimum absolute atomic E-state index is 0.161. The zero-order valence-corrected chi connectivity index (χ0v) is 14.2. The maximum Gasteiger partial charge on any atom is 0.291 e. The van der Waals surface area contributed by atoms with Gasteiger partial charge in [0.25, 0.3) is 15.5 Å². The van der Waals surface area contributed by atoms with Crippen molar-refractivity contribution in [3.8, 4) is 10.7 Å². The van der Waals surface area contributed by atoms with Gasteiger partial charge < -0.3 is 0 Å². The van der Waals surface area contributed by atoms with Crippen LogP contribution in [-0.4, -0.2) is 28.0 Å². The largest absolute Gasteiger partial charge is 0.295 e. The van der Waals surface area contributed by atoms with Crippen LogP contribution in [0.3, 0.4) is 0 Å². The van der Waals surface area contributed by atoms with Crippen molar-refractivity contribution < 1.29 is 17.2 Å². The Kier molecular flexibility index (Phi) is 3.91. The minimum atomic E-state index is -3.96. The first-order valence-electron chi connectivity index (χ1n) is 5.50. The number of halogens is 4. The summed E-state index contributed by atoms with van der Waals surface area (Å²) in [7, 11) is 1.37. The lowest BCUT2D eigenvalue weighted by Crippen LogP contribution is -1.97. The molecule has 0 aliphatic heterocycles. The predicted octanol–water partition coefficient (Wildman–Crippen LogP) is 3.48. The van der Waals surface area contributed by atoms with Crippen molar-refractivity contribution in [1.29, 1.82) is 0 Å². The number of fused-ring (bicyclic) bond motifs is 1. The van der Waals surface area contributed by atoms with E-state index in [2.05, 4.69) is 31.1 Å². The van der Waals surface area contributed by atoms with Crippen LogP contribution in [0.15, 0.2) is 27.8 Å². The second kappa shape index (κ2) is 5.48. The van der Waals surface area contributed by atoms with Gasteiger partial charge in [0.1, 0.15) is 10.6 Å². The van der Waals surface area contributed by atoms with Gasteiger partial charge in [-0.25, -0.2) is 22.2 Å². The van der Waals surface area contributed by atoms with Gasteiger partial charge in [0.2, 0.25) is 0 Å². The van der Waals surface area contributed by atoms with Crippen LogP contribution in [0.1, 0.15) is 11.4 Å². The Morgan fingerprint density at radius 1 is 1.36 bits per heavy atom. The molecule has 3 rings (SSSR count). The molecule has 0 aliphatic rings. The van der Waals surface area contributed by atoms with Crippen molar-refractivity contribution in [2.75, 3.05) is 0 Å². The molecule has 0 atom stereocenters. The molecule has 0 saturated heterocycles. The van der Waals surface area contributed by atoms with E-state index in [1.165, 1.54) is 22.9 Å². The molecule has 0 aromatic carbocycles. The number of alkyl halides is 2. The maximum absolute atomic E-state index is 12.6. The topological polar surface area (TPSA) is 77.2 Å². The van der Waals surface area contributed by atoms with Gasteiger partial charge in [-0.1, -0.05) is 11.3 Å². The second-order valence-corrected chi connectivity index (χ2v) is 8.47. The fraction of sp³-hybridized carbons (Fsp3) is 0.100. The molecule has 0 spiro atoms. The summed E-state index contributed by atoms with van der Waals surface area (Å²) in [5, 5.41) is 6.84. The van der Waals surface area contributed by atoms with E-state index in [0.717, 1.165) is 0 Å². The average molecular weight is 430 g/mol. The van der Waals surface area contributed by atoms with Crippen LogP contribution in [0.5, 0.6) is 0 Å². The fourth-order valence-electron chi connectivity index (χ4n) is 1.74. The van der Waals surface area contributed by atoms with Gasteiger partial charge in [-0.2, -0.15) is 0 Å². The molecule has 3 aromatic heterocycles. The van der Waals surface area contributed by atoms with Crippen LogP contribution in [-0.2, 0) is 9.05 Å². The Morgan fingerprint density at radius 2 is 2.09 bits per heavy atom. The van der Waals surface area contributed by atoms with Crippen LogP contribution in [0, 0.1) is 0 Å². The van der Waals surface area contributed by atoms with Gasteiger partial charge in [0.05, 0.1) is 10.7 Å². The van der Waals surface area contributed by atoms with Gasteiger partial charge in [-0.3, -0.25) is 4.40 Å². The molecule has 0 unspecified atom stereocenters. The lowest BCUT2D eigenvalue weighted by Gasteiger charge is -2.03. The first-order valence-corrected chi connectivity index (χ1v) is 9.42. The van der Waals surface area contributed by atoms with E-state index < -0.39 is 20.5 Å². The van der Waals surface area contributed by atoms with Crippen LogP contribution in [0.4, 0.5) is 8.78 Å². The molecule has 0 amide bonds. The Bertz CT molecular complexity index is 973. The quantitative estimate of drug-likeness (QED) is 0.596. The van der Waals surface area contributed by atoms with E-state index in [0.29, 0.717) is 27.2 Å². The van der Waals surface area contributed by atoms with Crippen LogP contribution in [0.25, 0.3) is 16.3 Å². The van der Waals surface area contributed by atoms with Crippen molar-refractivity contribution in [2.24, 2.45) is 0 Å². The summed E-state index contributed by atoms with van der Waals surface area (Å²) in [5.74, 6) is 0. The Labute approximate surface area is 139 Å². The summed E-state index contributed by atoms with van der Waals surface area (Å²) in [6.07, 6.45) is -0.0923. The molecule has 0 radical (unpaired) electrons. The van der Waals surface area contributed by atoms with Crippen molar-refractivity contribution >= 4 is 52.6 Å². The Morgan fingerprint density at radius 3 is 2.68 bits per heavy atom. The highest BCUT2D eigenvalue weighted by Crippen LogP contribution is 2.32. The summed E-state index contributed by atoms with van der Waals surface area (Å²) in [6.45, 7) is 0. The molecule has 6 nitrogen and oxygen atoms in total. The third kappa shape index (κ3) is 2.73. The number of hydrogen-bond acceptors (Lipinski definition) is 6. The van der Waals surface area contributed by atoms with Gasteiger partial charge in [-0.15, -0.1) is 10.2 Å².